The lowest BCUT2D eigenvalue weighted by Crippen LogP contribution is -2.17. The SMILES string of the molecule is CCn1c2ccc(C(C)=O)cc2c2cc(C(=O)C(CCC(=O)OC)=NOC(C)=O)ccc21. The maximum atomic E-state index is 13.2. The lowest BCUT2D eigenvalue weighted by molar-refractivity contribution is -0.141. The summed E-state index contributed by atoms with van der Waals surface area (Å²) in [5.74, 6) is -1.69. The van der Waals surface area contributed by atoms with Gasteiger partial charge in [-0.2, -0.15) is 0 Å². The quantitative estimate of drug-likeness (QED) is 0.173. The van der Waals surface area contributed by atoms with Crippen LogP contribution in [-0.2, 0) is 25.7 Å². The Morgan fingerprint density at radius 3 is 2.03 bits per heavy atom. The van der Waals surface area contributed by atoms with Gasteiger partial charge in [0.05, 0.1) is 13.5 Å². The number of aromatic nitrogens is 1. The summed E-state index contributed by atoms with van der Waals surface area (Å²) in [7, 11) is 1.25. The van der Waals surface area contributed by atoms with Gasteiger partial charge in [0, 0.05) is 52.8 Å². The Hall–Kier alpha value is -3.81. The van der Waals surface area contributed by atoms with Gasteiger partial charge in [0.2, 0.25) is 5.78 Å². The van der Waals surface area contributed by atoms with Crippen molar-refractivity contribution in [3.63, 3.8) is 0 Å². The molecule has 8 nitrogen and oxygen atoms in total. The smallest absolute Gasteiger partial charge is 0.331 e. The van der Waals surface area contributed by atoms with E-state index in [4.69, 9.17) is 0 Å². The normalized spacial score (nSPS) is 11.6. The van der Waals surface area contributed by atoms with Crippen LogP contribution in [0.25, 0.3) is 21.8 Å². The number of rotatable bonds is 8. The molecule has 0 N–H and O–H groups in total. The fraction of sp³-hybridized carbons (Fsp3) is 0.292. The van der Waals surface area contributed by atoms with Crippen LogP contribution in [-0.4, -0.2) is 40.9 Å². The molecular formula is C24H24N2O6. The number of Topliss-reactive ketones (excluding diaryl/α,β-unsaturated/α-hetero) is 2. The van der Waals surface area contributed by atoms with Crippen molar-refractivity contribution in [2.45, 2.75) is 40.2 Å². The highest BCUT2D eigenvalue weighted by atomic mass is 16.7. The summed E-state index contributed by atoms with van der Waals surface area (Å²) in [6.07, 6.45) is -0.121. The van der Waals surface area contributed by atoms with Crippen molar-refractivity contribution in [1.29, 1.82) is 0 Å². The first kappa shape index (κ1) is 22.9. The third kappa shape index (κ3) is 4.59. The van der Waals surface area contributed by atoms with E-state index in [1.54, 1.807) is 18.2 Å². The van der Waals surface area contributed by atoms with Crippen LogP contribution < -0.4 is 0 Å². The van der Waals surface area contributed by atoms with Gasteiger partial charge >= 0.3 is 11.9 Å². The van der Waals surface area contributed by atoms with E-state index >= 15 is 0 Å². The predicted molar refractivity (Wildman–Crippen MR) is 120 cm³/mol. The van der Waals surface area contributed by atoms with Crippen molar-refractivity contribution in [3.05, 3.63) is 47.5 Å². The van der Waals surface area contributed by atoms with Gasteiger partial charge in [-0.3, -0.25) is 14.4 Å². The van der Waals surface area contributed by atoms with Gasteiger partial charge in [-0.25, -0.2) is 4.79 Å². The highest BCUT2D eigenvalue weighted by Crippen LogP contribution is 2.31. The summed E-state index contributed by atoms with van der Waals surface area (Å²) >= 11 is 0. The maximum absolute atomic E-state index is 13.2. The largest absolute Gasteiger partial charge is 0.469 e. The fourth-order valence-corrected chi connectivity index (χ4v) is 3.61. The first-order valence-corrected chi connectivity index (χ1v) is 10.2. The Bertz CT molecular complexity index is 1270. The van der Waals surface area contributed by atoms with E-state index in [1.807, 2.05) is 25.1 Å². The number of fused-ring (bicyclic) bond motifs is 3. The second-order valence-electron chi connectivity index (χ2n) is 7.29. The number of carbonyl (C=O) groups excluding carboxylic acids is 4. The molecule has 0 atom stereocenters. The summed E-state index contributed by atoms with van der Waals surface area (Å²) in [5.41, 5.74) is 2.73. The summed E-state index contributed by atoms with van der Waals surface area (Å²) in [4.78, 5) is 52.4. The van der Waals surface area contributed by atoms with E-state index in [0.717, 1.165) is 21.8 Å². The molecule has 0 amide bonds. The number of nitrogens with zero attached hydrogens (tertiary/aromatic N) is 2. The number of ketones is 2. The summed E-state index contributed by atoms with van der Waals surface area (Å²) in [6, 6.07) is 10.8. The number of carbonyl (C=O) groups is 4. The van der Waals surface area contributed by atoms with Crippen molar-refractivity contribution in [3.8, 4) is 0 Å². The first-order chi connectivity index (χ1) is 15.3. The molecule has 166 valence electrons. The van der Waals surface area contributed by atoms with Crippen molar-refractivity contribution >= 4 is 51.0 Å². The van der Waals surface area contributed by atoms with Gasteiger partial charge in [0.25, 0.3) is 0 Å². The molecule has 8 heteroatoms. The lowest BCUT2D eigenvalue weighted by atomic mass is 10.0. The van der Waals surface area contributed by atoms with Gasteiger partial charge in [-0.15, -0.1) is 0 Å². The lowest BCUT2D eigenvalue weighted by Gasteiger charge is -2.06. The Morgan fingerprint density at radius 2 is 1.50 bits per heavy atom. The predicted octanol–water partition coefficient (Wildman–Crippen LogP) is 4.07. The zero-order valence-electron chi connectivity index (χ0n) is 18.4. The van der Waals surface area contributed by atoms with Gasteiger partial charge < -0.3 is 14.1 Å². The molecule has 0 radical (unpaired) electrons. The first-order valence-electron chi connectivity index (χ1n) is 10.2. The average Bonchev–Trinajstić information content (AvgIpc) is 3.10. The number of hydrogen-bond acceptors (Lipinski definition) is 7. The number of hydrogen-bond donors (Lipinski definition) is 0. The zero-order valence-corrected chi connectivity index (χ0v) is 18.4. The molecular weight excluding hydrogens is 412 g/mol. The Balaban J connectivity index is 2.10. The minimum absolute atomic E-state index is 0.0397. The summed E-state index contributed by atoms with van der Waals surface area (Å²) in [6.45, 7) is 5.41. The third-order valence-corrected chi connectivity index (χ3v) is 5.19. The molecule has 0 fully saturated rings. The van der Waals surface area contributed by atoms with Crippen LogP contribution in [0.4, 0.5) is 0 Å². The van der Waals surface area contributed by atoms with Crippen LogP contribution in [0.5, 0.6) is 0 Å². The molecule has 0 aliphatic rings. The molecule has 3 aromatic rings. The van der Waals surface area contributed by atoms with E-state index in [1.165, 1.54) is 21.0 Å². The Labute approximate surface area is 184 Å². The van der Waals surface area contributed by atoms with E-state index in [0.29, 0.717) is 17.7 Å². The third-order valence-electron chi connectivity index (χ3n) is 5.19. The molecule has 2 aromatic carbocycles. The molecule has 0 unspecified atom stereocenters. The van der Waals surface area contributed by atoms with Crippen molar-refractivity contribution < 1.29 is 28.8 Å². The van der Waals surface area contributed by atoms with Gasteiger partial charge in [-0.1, -0.05) is 5.16 Å². The molecule has 0 saturated carbocycles. The molecule has 0 aliphatic heterocycles. The fourth-order valence-electron chi connectivity index (χ4n) is 3.61. The molecule has 0 spiro atoms. The standard InChI is InChI=1S/C24H24N2O6/c1-5-26-21-9-6-16(14(2)27)12-18(21)19-13-17(7-10-22(19)26)24(30)20(25-32-15(3)28)8-11-23(29)31-4/h6-7,9-10,12-13H,5,8,11H2,1-4H3. The average molecular weight is 436 g/mol. The second kappa shape index (κ2) is 9.55. The second-order valence-corrected chi connectivity index (χ2v) is 7.29. The zero-order chi connectivity index (χ0) is 23.4. The minimum atomic E-state index is -0.674. The number of oxime groups is 1. The number of esters is 1. The van der Waals surface area contributed by atoms with Crippen molar-refractivity contribution in [2.75, 3.05) is 7.11 Å². The molecule has 0 bridgehead atoms. The number of benzene rings is 2. The van der Waals surface area contributed by atoms with Gasteiger partial charge in [0.1, 0.15) is 5.71 Å². The minimum Gasteiger partial charge on any atom is -0.469 e. The highest BCUT2D eigenvalue weighted by molar-refractivity contribution is 6.46. The topological polar surface area (TPSA) is 104 Å². The summed E-state index contributed by atoms with van der Waals surface area (Å²) in [5, 5.41) is 5.34. The van der Waals surface area contributed by atoms with Crippen molar-refractivity contribution in [1.82, 2.24) is 4.57 Å². The summed E-state index contributed by atoms with van der Waals surface area (Å²) < 4.78 is 6.72. The maximum Gasteiger partial charge on any atom is 0.331 e. The molecule has 3 rings (SSSR count). The van der Waals surface area contributed by atoms with E-state index < -0.39 is 17.7 Å². The van der Waals surface area contributed by atoms with E-state index in [2.05, 4.69) is 19.3 Å². The highest BCUT2D eigenvalue weighted by Gasteiger charge is 2.20. The molecule has 1 aromatic heterocycles. The van der Waals surface area contributed by atoms with Crippen LogP contribution in [0.1, 0.15) is 54.3 Å². The van der Waals surface area contributed by atoms with E-state index in [-0.39, 0.29) is 24.3 Å². The van der Waals surface area contributed by atoms with Gasteiger partial charge in [-0.05, 0) is 50.2 Å². The van der Waals surface area contributed by atoms with Crippen LogP contribution in [0.3, 0.4) is 0 Å². The number of aryl methyl sites for hydroxylation is 1. The monoisotopic (exact) mass is 436 g/mol. The Morgan fingerprint density at radius 1 is 0.906 bits per heavy atom. The van der Waals surface area contributed by atoms with Crippen LogP contribution >= 0.6 is 0 Å². The molecule has 32 heavy (non-hydrogen) atoms. The number of ether oxygens (including phenoxy) is 1. The van der Waals surface area contributed by atoms with Crippen LogP contribution in [0.2, 0.25) is 0 Å². The van der Waals surface area contributed by atoms with E-state index in [9.17, 15) is 19.2 Å². The number of methoxy groups -OCH3 is 1. The molecule has 1 heterocycles. The Kier molecular flexibility index (Phi) is 6.82. The molecule has 0 aliphatic carbocycles. The van der Waals surface area contributed by atoms with Gasteiger partial charge in [0.15, 0.2) is 5.78 Å². The van der Waals surface area contributed by atoms with Crippen molar-refractivity contribution in [2.24, 2.45) is 5.16 Å². The molecule has 0 saturated heterocycles. The van der Waals surface area contributed by atoms with Crippen LogP contribution in [0, 0.1) is 0 Å². The van der Waals surface area contributed by atoms with Crippen LogP contribution in [0.15, 0.2) is 41.6 Å².